The smallest absolute Gasteiger partial charge is 0.161 e. The van der Waals surface area contributed by atoms with Crippen LogP contribution in [0, 0.1) is 17.1 Å². The summed E-state index contributed by atoms with van der Waals surface area (Å²) in [4.78, 5) is 2.25. The van der Waals surface area contributed by atoms with Gasteiger partial charge in [0, 0.05) is 13.1 Å². The molecule has 0 aliphatic rings. The van der Waals surface area contributed by atoms with Crippen molar-refractivity contribution in [1.29, 1.82) is 5.26 Å². The zero-order chi connectivity index (χ0) is 13.5. The van der Waals surface area contributed by atoms with E-state index in [0.717, 1.165) is 19.6 Å². The summed E-state index contributed by atoms with van der Waals surface area (Å²) in [6.07, 6.45) is 0. The Balaban J connectivity index is 2.64. The fourth-order valence-electron chi connectivity index (χ4n) is 1.66. The van der Waals surface area contributed by atoms with E-state index in [4.69, 9.17) is 5.26 Å². The highest BCUT2D eigenvalue weighted by Gasteiger charge is 2.10. The third kappa shape index (κ3) is 3.69. The van der Waals surface area contributed by atoms with Crippen molar-refractivity contribution in [3.63, 3.8) is 0 Å². The van der Waals surface area contributed by atoms with Crippen LogP contribution in [-0.2, 0) is 0 Å². The summed E-state index contributed by atoms with van der Waals surface area (Å²) < 4.78 is 14.1. The van der Waals surface area contributed by atoms with Crippen LogP contribution in [-0.4, -0.2) is 31.1 Å². The zero-order valence-corrected chi connectivity index (χ0v) is 12.2. The minimum atomic E-state index is -0.409. The van der Waals surface area contributed by atoms with Gasteiger partial charge in [0.05, 0.1) is 15.7 Å². The van der Waals surface area contributed by atoms with Crippen molar-refractivity contribution in [2.75, 3.05) is 31.5 Å². The summed E-state index contributed by atoms with van der Waals surface area (Å²) in [6.45, 7) is 7.71. The normalized spacial score (nSPS) is 10.4. The minimum Gasteiger partial charge on any atom is -0.381 e. The molecule has 0 aliphatic heterocycles. The second-order valence-corrected chi connectivity index (χ2v) is 4.65. The molecule has 0 aliphatic carbocycles. The van der Waals surface area contributed by atoms with Crippen molar-refractivity contribution in [1.82, 2.24) is 4.90 Å². The second kappa shape index (κ2) is 7.34. The van der Waals surface area contributed by atoms with E-state index in [1.54, 1.807) is 12.1 Å². The Kier molecular flexibility index (Phi) is 6.10. The van der Waals surface area contributed by atoms with Crippen molar-refractivity contribution in [3.05, 3.63) is 28.0 Å². The fraction of sp³-hybridized carbons (Fsp3) is 0.462. The molecule has 5 heteroatoms. The van der Waals surface area contributed by atoms with E-state index in [1.807, 2.05) is 6.07 Å². The van der Waals surface area contributed by atoms with Crippen LogP contribution < -0.4 is 5.32 Å². The number of nitrogens with zero attached hydrogens (tertiary/aromatic N) is 2. The van der Waals surface area contributed by atoms with E-state index in [0.29, 0.717) is 17.8 Å². The van der Waals surface area contributed by atoms with E-state index < -0.39 is 5.82 Å². The van der Waals surface area contributed by atoms with Gasteiger partial charge in [-0.05, 0) is 41.2 Å². The topological polar surface area (TPSA) is 39.1 Å². The number of nitriles is 1. The lowest BCUT2D eigenvalue weighted by Gasteiger charge is -2.18. The molecule has 0 saturated heterocycles. The number of nitrogens with one attached hydrogen (secondary N) is 1. The molecule has 98 valence electrons. The minimum absolute atomic E-state index is 0.220. The van der Waals surface area contributed by atoms with Crippen LogP contribution >= 0.6 is 15.9 Å². The Bertz CT molecular complexity index is 439. The van der Waals surface area contributed by atoms with E-state index in [1.165, 1.54) is 0 Å². The quantitative estimate of drug-likeness (QED) is 0.876. The largest absolute Gasteiger partial charge is 0.381 e. The highest BCUT2D eigenvalue weighted by atomic mass is 79.9. The number of hydrogen-bond acceptors (Lipinski definition) is 3. The Morgan fingerprint density at radius 2 is 2.06 bits per heavy atom. The first-order valence-corrected chi connectivity index (χ1v) is 6.77. The number of benzene rings is 1. The molecule has 1 rings (SSSR count). The number of rotatable bonds is 6. The molecule has 0 spiro atoms. The first kappa shape index (κ1) is 14.9. The highest BCUT2D eigenvalue weighted by molar-refractivity contribution is 9.10. The lowest BCUT2D eigenvalue weighted by Crippen LogP contribution is -2.28. The maximum atomic E-state index is 13.9. The molecule has 0 unspecified atom stereocenters. The first-order chi connectivity index (χ1) is 8.63. The van der Waals surface area contributed by atoms with Crippen molar-refractivity contribution in [3.8, 4) is 6.07 Å². The van der Waals surface area contributed by atoms with Crippen molar-refractivity contribution < 1.29 is 4.39 Å². The Morgan fingerprint density at radius 3 is 2.61 bits per heavy atom. The molecule has 0 radical (unpaired) electrons. The molecule has 0 saturated carbocycles. The van der Waals surface area contributed by atoms with E-state index in [-0.39, 0.29) is 4.47 Å². The van der Waals surface area contributed by atoms with Crippen LogP contribution in [0.2, 0.25) is 0 Å². The molecule has 0 atom stereocenters. The molecule has 1 aromatic rings. The van der Waals surface area contributed by atoms with Crippen LogP contribution in [0.15, 0.2) is 16.6 Å². The molecule has 0 bridgehead atoms. The summed E-state index contributed by atoms with van der Waals surface area (Å²) in [5.74, 6) is -0.409. The summed E-state index contributed by atoms with van der Waals surface area (Å²) in [5.41, 5.74) is 0.731. The van der Waals surface area contributed by atoms with E-state index in [2.05, 4.69) is 40.0 Å². The summed E-state index contributed by atoms with van der Waals surface area (Å²) in [6, 6.07) is 5.14. The standard InChI is InChI=1S/C13H17BrFN3/c1-3-18(4-2)8-7-17-11-6-5-10(9-16)12(14)13(11)15/h5-6,17H,3-4,7-8H2,1-2H3. The maximum absolute atomic E-state index is 13.9. The van der Waals surface area contributed by atoms with E-state index in [9.17, 15) is 4.39 Å². The predicted molar refractivity (Wildman–Crippen MR) is 75.1 cm³/mol. The van der Waals surface area contributed by atoms with Gasteiger partial charge in [-0.25, -0.2) is 4.39 Å². The first-order valence-electron chi connectivity index (χ1n) is 5.98. The molecular formula is C13H17BrFN3. The van der Waals surface area contributed by atoms with Crippen molar-refractivity contribution >= 4 is 21.6 Å². The van der Waals surface area contributed by atoms with Gasteiger partial charge in [0.15, 0.2) is 5.82 Å². The van der Waals surface area contributed by atoms with Crippen molar-refractivity contribution in [2.24, 2.45) is 0 Å². The van der Waals surface area contributed by atoms with Gasteiger partial charge in [-0.1, -0.05) is 13.8 Å². The van der Waals surface area contributed by atoms with Crippen LogP contribution in [0.4, 0.5) is 10.1 Å². The number of halogens is 2. The van der Waals surface area contributed by atoms with Gasteiger partial charge >= 0.3 is 0 Å². The van der Waals surface area contributed by atoms with Crippen LogP contribution in [0.25, 0.3) is 0 Å². The maximum Gasteiger partial charge on any atom is 0.161 e. The fourth-order valence-corrected chi connectivity index (χ4v) is 2.10. The monoisotopic (exact) mass is 313 g/mol. The Labute approximate surface area is 116 Å². The molecule has 0 amide bonds. The Morgan fingerprint density at radius 1 is 1.39 bits per heavy atom. The number of likely N-dealkylation sites (N-methyl/N-ethyl adjacent to an activating group) is 1. The molecule has 1 aromatic carbocycles. The number of anilines is 1. The van der Waals surface area contributed by atoms with Crippen molar-refractivity contribution in [2.45, 2.75) is 13.8 Å². The number of hydrogen-bond donors (Lipinski definition) is 1. The molecule has 0 heterocycles. The van der Waals surface area contributed by atoms with Gasteiger partial charge in [-0.2, -0.15) is 5.26 Å². The predicted octanol–water partition coefficient (Wildman–Crippen LogP) is 3.21. The van der Waals surface area contributed by atoms with Crippen LogP contribution in [0.3, 0.4) is 0 Å². The van der Waals surface area contributed by atoms with Crippen LogP contribution in [0.1, 0.15) is 19.4 Å². The van der Waals surface area contributed by atoms with Gasteiger partial charge in [-0.3, -0.25) is 0 Å². The second-order valence-electron chi connectivity index (χ2n) is 3.85. The molecule has 1 N–H and O–H groups in total. The lowest BCUT2D eigenvalue weighted by molar-refractivity contribution is 0.316. The summed E-state index contributed by atoms with van der Waals surface area (Å²) in [7, 11) is 0. The molecular weight excluding hydrogens is 297 g/mol. The highest BCUT2D eigenvalue weighted by Crippen LogP contribution is 2.26. The van der Waals surface area contributed by atoms with E-state index >= 15 is 0 Å². The van der Waals surface area contributed by atoms with Crippen LogP contribution in [0.5, 0.6) is 0 Å². The molecule has 0 aromatic heterocycles. The lowest BCUT2D eigenvalue weighted by atomic mass is 10.2. The Hall–Kier alpha value is -1.12. The van der Waals surface area contributed by atoms with Gasteiger partial charge in [0.1, 0.15) is 6.07 Å². The van der Waals surface area contributed by atoms with Gasteiger partial charge in [0.2, 0.25) is 0 Å². The molecule has 3 nitrogen and oxygen atoms in total. The van der Waals surface area contributed by atoms with Gasteiger partial charge < -0.3 is 10.2 Å². The summed E-state index contributed by atoms with van der Waals surface area (Å²) >= 11 is 3.09. The third-order valence-corrected chi connectivity index (χ3v) is 3.62. The molecule has 18 heavy (non-hydrogen) atoms. The average molecular weight is 314 g/mol. The zero-order valence-electron chi connectivity index (χ0n) is 10.6. The van der Waals surface area contributed by atoms with Gasteiger partial charge in [0.25, 0.3) is 0 Å². The third-order valence-electron chi connectivity index (χ3n) is 2.84. The SMILES string of the molecule is CCN(CC)CCNc1ccc(C#N)c(Br)c1F. The summed E-state index contributed by atoms with van der Waals surface area (Å²) in [5, 5.41) is 11.8. The van der Waals surface area contributed by atoms with Gasteiger partial charge in [-0.15, -0.1) is 0 Å². The average Bonchev–Trinajstić information content (AvgIpc) is 2.39. The molecule has 0 fully saturated rings.